The number of hydrogen-bond donors (Lipinski definition) is 1. The summed E-state index contributed by atoms with van der Waals surface area (Å²) in [6.07, 6.45) is -4.58. The number of ether oxygens (including phenoxy) is 1. The van der Waals surface area contributed by atoms with Crippen LogP contribution in [0.4, 0.5) is 18.9 Å². The van der Waals surface area contributed by atoms with Gasteiger partial charge in [-0.05, 0) is 12.1 Å². The Kier molecular flexibility index (Phi) is 4.84. The monoisotopic (exact) mass is 331 g/mol. The van der Waals surface area contributed by atoms with E-state index in [1.54, 1.807) is 0 Å². The SMILES string of the molecule is O=[N+]([O-])c1cccc(OCC(O)Cn2ccc(C(F)(F)F)n2)c1. The molecule has 1 atom stereocenters. The fraction of sp³-hybridized carbons (Fsp3) is 0.308. The maximum atomic E-state index is 12.4. The van der Waals surface area contributed by atoms with Gasteiger partial charge in [0.1, 0.15) is 18.5 Å². The van der Waals surface area contributed by atoms with E-state index in [9.17, 15) is 28.4 Å². The molecule has 0 amide bonds. The molecule has 7 nitrogen and oxygen atoms in total. The van der Waals surface area contributed by atoms with Gasteiger partial charge in [-0.3, -0.25) is 14.8 Å². The number of non-ortho nitro benzene ring substituents is 1. The number of hydrogen-bond acceptors (Lipinski definition) is 5. The van der Waals surface area contributed by atoms with Crippen molar-refractivity contribution in [2.75, 3.05) is 6.61 Å². The van der Waals surface area contributed by atoms with Crippen molar-refractivity contribution in [3.8, 4) is 5.75 Å². The van der Waals surface area contributed by atoms with E-state index in [0.29, 0.717) is 0 Å². The second kappa shape index (κ2) is 6.65. The number of aromatic nitrogens is 2. The van der Waals surface area contributed by atoms with Crippen molar-refractivity contribution in [3.05, 3.63) is 52.3 Å². The van der Waals surface area contributed by atoms with Crippen LogP contribution in [0.1, 0.15) is 5.69 Å². The topological polar surface area (TPSA) is 90.4 Å². The number of nitro benzene ring substituents is 1. The number of nitrogens with zero attached hydrogens (tertiary/aromatic N) is 3. The van der Waals surface area contributed by atoms with Crippen molar-refractivity contribution in [1.82, 2.24) is 9.78 Å². The lowest BCUT2D eigenvalue weighted by Crippen LogP contribution is -2.24. The maximum absolute atomic E-state index is 12.4. The minimum atomic E-state index is -4.55. The molecule has 124 valence electrons. The van der Waals surface area contributed by atoms with E-state index in [-0.39, 0.29) is 24.6 Å². The average molecular weight is 331 g/mol. The highest BCUT2D eigenvalue weighted by molar-refractivity contribution is 5.37. The zero-order chi connectivity index (χ0) is 17.0. The van der Waals surface area contributed by atoms with Crippen molar-refractivity contribution in [3.63, 3.8) is 0 Å². The van der Waals surface area contributed by atoms with E-state index in [2.05, 4.69) is 5.10 Å². The largest absolute Gasteiger partial charge is 0.491 e. The molecule has 0 aliphatic carbocycles. The molecular formula is C13H12F3N3O4. The van der Waals surface area contributed by atoms with Crippen LogP contribution in [-0.2, 0) is 12.7 Å². The first kappa shape index (κ1) is 16.7. The minimum Gasteiger partial charge on any atom is -0.491 e. The summed E-state index contributed by atoms with van der Waals surface area (Å²) < 4.78 is 43.3. The third-order valence-corrected chi connectivity index (χ3v) is 2.80. The molecule has 0 spiro atoms. The number of aliphatic hydroxyl groups is 1. The van der Waals surface area contributed by atoms with Crippen LogP contribution in [0, 0.1) is 10.1 Å². The van der Waals surface area contributed by atoms with Gasteiger partial charge in [0.2, 0.25) is 0 Å². The number of halogens is 3. The molecule has 0 aliphatic rings. The Bertz CT molecular complexity index is 687. The summed E-state index contributed by atoms with van der Waals surface area (Å²) in [6, 6.07) is 6.15. The zero-order valence-corrected chi connectivity index (χ0v) is 11.6. The highest BCUT2D eigenvalue weighted by atomic mass is 19.4. The molecule has 1 N–H and O–H groups in total. The molecule has 23 heavy (non-hydrogen) atoms. The number of alkyl halides is 3. The van der Waals surface area contributed by atoms with Gasteiger partial charge in [-0.2, -0.15) is 18.3 Å². The Balaban J connectivity index is 1.90. The van der Waals surface area contributed by atoms with Crippen LogP contribution in [0.25, 0.3) is 0 Å². The molecule has 0 bridgehead atoms. The summed E-state index contributed by atoms with van der Waals surface area (Å²) >= 11 is 0. The number of nitro groups is 1. The molecule has 1 aromatic heterocycles. The summed E-state index contributed by atoms with van der Waals surface area (Å²) in [5.41, 5.74) is -1.22. The average Bonchev–Trinajstić information content (AvgIpc) is 2.94. The van der Waals surface area contributed by atoms with Gasteiger partial charge in [-0.25, -0.2) is 0 Å². The van der Waals surface area contributed by atoms with E-state index in [1.807, 2.05) is 0 Å². The summed E-state index contributed by atoms with van der Waals surface area (Å²) in [6.45, 7) is -0.451. The molecule has 0 saturated carbocycles. The molecule has 1 aromatic carbocycles. The second-order valence-electron chi connectivity index (χ2n) is 4.64. The molecule has 0 aliphatic heterocycles. The van der Waals surface area contributed by atoms with Gasteiger partial charge in [0.25, 0.3) is 5.69 Å². The van der Waals surface area contributed by atoms with Crippen LogP contribution in [0.2, 0.25) is 0 Å². The van der Waals surface area contributed by atoms with Gasteiger partial charge < -0.3 is 9.84 Å². The number of aliphatic hydroxyl groups excluding tert-OH is 1. The Morgan fingerprint density at radius 3 is 2.74 bits per heavy atom. The summed E-state index contributed by atoms with van der Waals surface area (Å²) in [4.78, 5) is 10.0. The third kappa shape index (κ3) is 4.68. The van der Waals surface area contributed by atoms with Crippen LogP contribution in [0.5, 0.6) is 5.75 Å². The van der Waals surface area contributed by atoms with Gasteiger partial charge in [0.05, 0.1) is 17.5 Å². The molecule has 10 heteroatoms. The van der Waals surface area contributed by atoms with Gasteiger partial charge >= 0.3 is 6.18 Å². The molecule has 1 heterocycles. The Labute approximate surface area is 128 Å². The number of rotatable bonds is 6. The minimum absolute atomic E-state index is 0.168. The van der Waals surface area contributed by atoms with Crippen molar-refractivity contribution in [1.29, 1.82) is 0 Å². The third-order valence-electron chi connectivity index (χ3n) is 2.80. The van der Waals surface area contributed by atoms with Gasteiger partial charge in [-0.1, -0.05) is 6.07 Å². The predicted octanol–water partition coefficient (Wildman–Crippen LogP) is 2.25. The lowest BCUT2D eigenvalue weighted by atomic mass is 10.3. The van der Waals surface area contributed by atoms with E-state index in [0.717, 1.165) is 16.9 Å². The quantitative estimate of drug-likeness (QED) is 0.647. The maximum Gasteiger partial charge on any atom is 0.435 e. The smallest absolute Gasteiger partial charge is 0.435 e. The predicted molar refractivity (Wildman–Crippen MR) is 71.8 cm³/mol. The second-order valence-corrected chi connectivity index (χ2v) is 4.64. The van der Waals surface area contributed by atoms with Gasteiger partial charge in [0.15, 0.2) is 5.69 Å². The summed E-state index contributed by atoms with van der Waals surface area (Å²) in [7, 11) is 0. The normalized spacial score (nSPS) is 12.9. The van der Waals surface area contributed by atoms with Crippen LogP contribution < -0.4 is 4.74 Å². The van der Waals surface area contributed by atoms with Crippen LogP contribution >= 0.6 is 0 Å². The van der Waals surface area contributed by atoms with E-state index in [4.69, 9.17) is 4.74 Å². The highest BCUT2D eigenvalue weighted by Crippen LogP contribution is 2.27. The first-order valence-electron chi connectivity index (χ1n) is 6.41. The van der Waals surface area contributed by atoms with E-state index >= 15 is 0 Å². The Hall–Kier alpha value is -2.62. The molecule has 0 saturated heterocycles. The first-order chi connectivity index (χ1) is 10.8. The van der Waals surface area contributed by atoms with Gasteiger partial charge in [-0.15, -0.1) is 0 Å². The van der Waals surface area contributed by atoms with Crippen LogP contribution in [0.3, 0.4) is 0 Å². The molecule has 0 fully saturated rings. The lowest BCUT2D eigenvalue weighted by molar-refractivity contribution is -0.384. The standard InChI is InChI=1S/C13H12F3N3O4/c14-13(15,16)12-4-5-18(17-12)7-10(20)8-23-11-3-1-2-9(6-11)19(21)22/h1-6,10,20H,7-8H2. The van der Waals surface area contributed by atoms with Gasteiger partial charge in [0, 0.05) is 12.3 Å². The Morgan fingerprint density at radius 2 is 2.13 bits per heavy atom. The summed E-state index contributed by atoms with van der Waals surface area (Å²) in [5.74, 6) is 0.176. The molecule has 0 radical (unpaired) electrons. The van der Waals surface area contributed by atoms with Crippen LogP contribution in [0.15, 0.2) is 36.5 Å². The van der Waals surface area contributed by atoms with E-state index in [1.165, 1.54) is 24.3 Å². The van der Waals surface area contributed by atoms with Crippen LogP contribution in [-0.4, -0.2) is 32.5 Å². The molecule has 2 aromatic rings. The van der Waals surface area contributed by atoms with Crippen molar-refractivity contribution in [2.24, 2.45) is 0 Å². The van der Waals surface area contributed by atoms with Crippen molar-refractivity contribution >= 4 is 5.69 Å². The molecular weight excluding hydrogens is 319 g/mol. The highest BCUT2D eigenvalue weighted by Gasteiger charge is 2.33. The fourth-order valence-corrected chi connectivity index (χ4v) is 1.76. The number of benzene rings is 1. The molecule has 1 unspecified atom stereocenters. The Morgan fingerprint density at radius 1 is 1.39 bits per heavy atom. The zero-order valence-electron chi connectivity index (χ0n) is 11.6. The van der Waals surface area contributed by atoms with E-state index < -0.39 is 22.9 Å². The fourth-order valence-electron chi connectivity index (χ4n) is 1.76. The lowest BCUT2D eigenvalue weighted by Gasteiger charge is -2.12. The first-order valence-corrected chi connectivity index (χ1v) is 6.41. The summed E-state index contributed by atoms with van der Waals surface area (Å²) in [5, 5.41) is 23.7. The van der Waals surface area contributed by atoms with Crippen molar-refractivity contribution in [2.45, 2.75) is 18.8 Å². The van der Waals surface area contributed by atoms with Crippen molar-refractivity contribution < 1.29 is 27.9 Å². The molecule has 2 rings (SSSR count).